The van der Waals surface area contributed by atoms with Gasteiger partial charge in [-0.3, -0.25) is 14.4 Å². The van der Waals surface area contributed by atoms with Gasteiger partial charge in [0.25, 0.3) is 11.8 Å². The molecule has 1 aromatic rings. The van der Waals surface area contributed by atoms with E-state index >= 15 is 0 Å². The third kappa shape index (κ3) is 10.0. The number of nitrogens with zero attached hydrogens (tertiary/aromatic N) is 2. The summed E-state index contributed by atoms with van der Waals surface area (Å²) in [5.74, 6) is 0.285. The van der Waals surface area contributed by atoms with Gasteiger partial charge in [0.1, 0.15) is 6.04 Å². The number of benzene rings is 1. The Morgan fingerprint density at radius 3 is 2.37 bits per heavy atom. The molecule has 0 spiro atoms. The van der Waals surface area contributed by atoms with Crippen LogP contribution in [0, 0.1) is 0 Å². The minimum Gasteiger partial charge on any atom is -0.354 e. The van der Waals surface area contributed by atoms with Crippen molar-refractivity contribution in [3.63, 3.8) is 0 Å². The Kier molecular flexibility index (Phi) is 12.8. The van der Waals surface area contributed by atoms with Crippen LogP contribution in [0.15, 0.2) is 36.4 Å². The Labute approximate surface area is 212 Å². The topological polar surface area (TPSA) is 100 Å². The minimum absolute atomic E-state index is 0.0809. The Morgan fingerprint density at radius 2 is 1.80 bits per heavy atom. The lowest BCUT2D eigenvalue weighted by Crippen LogP contribution is -2.48. The highest BCUT2D eigenvalue weighted by Crippen LogP contribution is 2.19. The van der Waals surface area contributed by atoms with Crippen molar-refractivity contribution in [1.82, 2.24) is 15.5 Å². The zero-order valence-electron chi connectivity index (χ0n) is 21.1. The highest BCUT2D eigenvalue weighted by molar-refractivity contribution is 7.99. The molecule has 194 valence electrons. The molecular weight excluding hydrogens is 468 g/mol. The first-order valence-corrected chi connectivity index (χ1v) is 13.1. The van der Waals surface area contributed by atoms with Gasteiger partial charge in [-0.1, -0.05) is 6.08 Å². The number of anilines is 1. The Balaban J connectivity index is 1.98. The van der Waals surface area contributed by atoms with Gasteiger partial charge in [-0.25, -0.2) is 0 Å². The number of hydrogen-bond acceptors (Lipinski definition) is 7. The van der Waals surface area contributed by atoms with Crippen molar-refractivity contribution in [3.05, 3.63) is 42.0 Å². The van der Waals surface area contributed by atoms with Crippen LogP contribution in [0.3, 0.4) is 0 Å². The molecule has 2 N–H and O–H groups in total. The van der Waals surface area contributed by atoms with Gasteiger partial charge in [0.15, 0.2) is 6.29 Å². The fraction of sp³-hybridized carbons (Fsp3) is 0.560. The molecule has 2 rings (SSSR count). The van der Waals surface area contributed by atoms with Crippen LogP contribution in [-0.2, 0) is 19.1 Å². The molecule has 35 heavy (non-hydrogen) atoms. The Hall–Kier alpha value is -2.40. The van der Waals surface area contributed by atoms with Crippen molar-refractivity contribution >= 4 is 35.2 Å². The molecule has 1 atom stereocenters. The summed E-state index contributed by atoms with van der Waals surface area (Å²) in [6, 6.07) is 6.09. The van der Waals surface area contributed by atoms with Gasteiger partial charge in [-0.05, 0) is 65.2 Å². The maximum Gasteiger partial charge on any atom is 0.251 e. The van der Waals surface area contributed by atoms with E-state index in [9.17, 15) is 14.4 Å². The lowest BCUT2D eigenvalue weighted by molar-refractivity contribution is -0.122. The first-order valence-electron chi connectivity index (χ1n) is 12.0. The lowest BCUT2D eigenvalue weighted by atomic mass is 10.1. The summed E-state index contributed by atoms with van der Waals surface area (Å²) in [5.41, 5.74) is 1.14. The van der Waals surface area contributed by atoms with Crippen LogP contribution in [0.2, 0.25) is 0 Å². The molecule has 0 bridgehead atoms. The molecule has 1 heterocycles. The zero-order chi connectivity index (χ0) is 25.6. The fourth-order valence-corrected chi connectivity index (χ4v) is 4.41. The van der Waals surface area contributed by atoms with E-state index in [0.717, 1.165) is 18.7 Å². The Bertz CT molecular complexity index is 841. The van der Waals surface area contributed by atoms with E-state index in [1.54, 1.807) is 35.2 Å². The first kappa shape index (κ1) is 28.8. The average Bonchev–Trinajstić information content (AvgIpc) is 3.27. The van der Waals surface area contributed by atoms with E-state index in [4.69, 9.17) is 9.47 Å². The van der Waals surface area contributed by atoms with Gasteiger partial charge in [-0.15, -0.1) is 0 Å². The molecule has 1 aromatic carbocycles. The van der Waals surface area contributed by atoms with Crippen LogP contribution in [0.5, 0.6) is 0 Å². The van der Waals surface area contributed by atoms with Crippen LogP contribution in [0.1, 0.15) is 30.6 Å². The molecule has 1 aliphatic rings. The number of rotatable bonds is 16. The van der Waals surface area contributed by atoms with Gasteiger partial charge in [-0.2, -0.15) is 11.8 Å². The monoisotopic (exact) mass is 506 g/mol. The molecule has 0 fully saturated rings. The number of nitrogens with one attached hydrogen (secondary N) is 2. The van der Waals surface area contributed by atoms with Crippen molar-refractivity contribution in [2.75, 3.05) is 63.3 Å². The summed E-state index contributed by atoms with van der Waals surface area (Å²) in [6.07, 6.45) is 3.78. The van der Waals surface area contributed by atoms with Gasteiger partial charge in [0.2, 0.25) is 5.91 Å². The second-order valence-corrected chi connectivity index (χ2v) is 9.32. The molecule has 0 radical (unpaired) electrons. The van der Waals surface area contributed by atoms with Gasteiger partial charge < -0.3 is 29.9 Å². The van der Waals surface area contributed by atoms with Crippen molar-refractivity contribution < 1.29 is 23.9 Å². The van der Waals surface area contributed by atoms with Crippen LogP contribution in [0.25, 0.3) is 0 Å². The van der Waals surface area contributed by atoms with E-state index in [1.807, 2.05) is 27.9 Å². The summed E-state index contributed by atoms with van der Waals surface area (Å²) < 4.78 is 11.1. The van der Waals surface area contributed by atoms with Crippen molar-refractivity contribution in [2.45, 2.75) is 32.6 Å². The standard InChI is InChI=1S/C25H38N4O5S/c1-5-33-23(34-6-2)18-35-17-21(25(32)26-14-8-15-28(3)4)27-24(31)19-10-12-20(13-11-19)29-16-7-9-22(29)30/h7,9-13,21,23H,5-6,8,14-18H2,1-4H3,(H,26,32)(H,27,31). The fourth-order valence-electron chi connectivity index (χ4n) is 3.42. The average molecular weight is 507 g/mol. The molecule has 1 unspecified atom stereocenters. The summed E-state index contributed by atoms with van der Waals surface area (Å²) in [7, 11) is 3.96. The number of ether oxygens (including phenoxy) is 2. The van der Waals surface area contributed by atoms with E-state index in [0.29, 0.717) is 43.4 Å². The molecule has 0 saturated heterocycles. The molecule has 3 amide bonds. The van der Waals surface area contributed by atoms with E-state index in [1.165, 1.54) is 17.8 Å². The number of hydrogen-bond donors (Lipinski definition) is 2. The van der Waals surface area contributed by atoms with Crippen molar-refractivity contribution in [2.24, 2.45) is 0 Å². The van der Waals surface area contributed by atoms with Crippen molar-refractivity contribution in [3.8, 4) is 0 Å². The normalized spacial score (nSPS) is 14.1. The molecule has 0 aliphatic carbocycles. The van der Waals surface area contributed by atoms with Crippen molar-refractivity contribution in [1.29, 1.82) is 0 Å². The van der Waals surface area contributed by atoms with Crippen LogP contribution in [0.4, 0.5) is 5.69 Å². The second-order valence-electron chi connectivity index (χ2n) is 8.25. The van der Waals surface area contributed by atoms with E-state index in [-0.39, 0.29) is 24.0 Å². The smallest absolute Gasteiger partial charge is 0.251 e. The first-order chi connectivity index (χ1) is 16.8. The Morgan fingerprint density at radius 1 is 1.11 bits per heavy atom. The summed E-state index contributed by atoms with van der Waals surface area (Å²) in [5, 5.41) is 5.79. The number of carbonyl (C=O) groups excluding carboxylic acids is 3. The lowest BCUT2D eigenvalue weighted by Gasteiger charge is -2.21. The quantitative estimate of drug-likeness (QED) is 0.261. The van der Waals surface area contributed by atoms with E-state index in [2.05, 4.69) is 15.5 Å². The number of carbonyl (C=O) groups is 3. The summed E-state index contributed by atoms with van der Waals surface area (Å²) in [6.45, 7) is 6.78. The SMILES string of the molecule is CCOC(CSCC(NC(=O)c1ccc(N2CC=CC2=O)cc1)C(=O)NCCCN(C)C)OCC. The summed E-state index contributed by atoms with van der Waals surface area (Å²) in [4.78, 5) is 41.4. The van der Waals surface area contributed by atoms with Crippen LogP contribution >= 0.6 is 11.8 Å². The summed E-state index contributed by atoms with van der Waals surface area (Å²) >= 11 is 1.49. The molecule has 0 aromatic heterocycles. The molecule has 0 saturated carbocycles. The van der Waals surface area contributed by atoms with Gasteiger partial charge in [0, 0.05) is 55.1 Å². The van der Waals surface area contributed by atoms with E-state index < -0.39 is 6.04 Å². The minimum atomic E-state index is -0.709. The third-order valence-electron chi connectivity index (χ3n) is 5.20. The predicted molar refractivity (Wildman–Crippen MR) is 140 cm³/mol. The van der Waals surface area contributed by atoms with Crippen LogP contribution in [-0.4, -0.2) is 93.4 Å². The highest BCUT2D eigenvalue weighted by atomic mass is 32.2. The number of amides is 3. The molecule has 10 heteroatoms. The number of thioether (sulfide) groups is 1. The predicted octanol–water partition coefficient (Wildman–Crippen LogP) is 1.89. The maximum atomic E-state index is 12.9. The zero-order valence-corrected chi connectivity index (χ0v) is 21.9. The highest BCUT2D eigenvalue weighted by Gasteiger charge is 2.23. The third-order valence-corrected chi connectivity index (χ3v) is 6.28. The largest absolute Gasteiger partial charge is 0.354 e. The second kappa shape index (κ2) is 15.6. The van der Waals surface area contributed by atoms with Gasteiger partial charge in [0.05, 0.1) is 0 Å². The maximum absolute atomic E-state index is 12.9. The van der Waals surface area contributed by atoms with Crippen LogP contribution < -0.4 is 15.5 Å². The van der Waals surface area contributed by atoms with Gasteiger partial charge >= 0.3 is 0 Å². The molecule has 1 aliphatic heterocycles. The molecular formula is C25H38N4O5S. The molecule has 9 nitrogen and oxygen atoms in total.